The van der Waals surface area contributed by atoms with E-state index in [-0.39, 0.29) is 11.7 Å². The van der Waals surface area contributed by atoms with Gasteiger partial charge in [-0.1, -0.05) is 6.07 Å². The Labute approximate surface area is 209 Å². The molecule has 0 saturated carbocycles. The first-order valence-electron chi connectivity index (χ1n) is 11.9. The van der Waals surface area contributed by atoms with E-state index in [4.69, 9.17) is 9.47 Å². The quantitative estimate of drug-likeness (QED) is 0.464. The molecule has 0 aliphatic carbocycles. The molecule has 0 unspecified atom stereocenters. The van der Waals surface area contributed by atoms with Gasteiger partial charge in [-0.3, -0.25) is 14.5 Å². The Kier molecular flexibility index (Phi) is 7.01. The number of benzene rings is 2. The summed E-state index contributed by atoms with van der Waals surface area (Å²) in [5.41, 5.74) is 2.65. The van der Waals surface area contributed by atoms with Crippen molar-refractivity contribution in [2.45, 2.75) is 13.5 Å². The number of anilines is 2. The molecule has 0 radical (unpaired) electrons. The van der Waals surface area contributed by atoms with E-state index >= 15 is 0 Å². The molecule has 1 aromatic heterocycles. The molecule has 7 nitrogen and oxygen atoms in total. The predicted molar refractivity (Wildman–Crippen MR) is 138 cm³/mol. The first-order valence-corrected chi connectivity index (χ1v) is 12.8. The van der Waals surface area contributed by atoms with E-state index in [1.54, 1.807) is 18.3 Å². The zero-order valence-electron chi connectivity index (χ0n) is 19.8. The SMILES string of the molecule is CC(=O)c1ccc(N2CCN(CC(=O)N(Cc3cccs3)c3ccc4c(c3)OCCO4)CC2)cc1. The van der Waals surface area contributed by atoms with Gasteiger partial charge in [0.15, 0.2) is 17.3 Å². The van der Waals surface area contributed by atoms with Crippen molar-refractivity contribution in [3.8, 4) is 11.5 Å². The van der Waals surface area contributed by atoms with Gasteiger partial charge in [0.1, 0.15) is 13.2 Å². The van der Waals surface area contributed by atoms with Gasteiger partial charge in [0.2, 0.25) is 5.91 Å². The van der Waals surface area contributed by atoms with Crippen molar-refractivity contribution in [2.75, 3.05) is 55.7 Å². The first-order chi connectivity index (χ1) is 17.1. The van der Waals surface area contributed by atoms with Crippen LogP contribution in [0.2, 0.25) is 0 Å². The van der Waals surface area contributed by atoms with Crippen LogP contribution in [0.3, 0.4) is 0 Å². The van der Waals surface area contributed by atoms with Crippen LogP contribution < -0.4 is 19.3 Å². The highest BCUT2D eigenvalue weighted by molar-refractivity contribution is 7.09. The summed E-state index contributed by atoms with van der Waals surface area (Å²) in [6.45, 7) is 6.78. The Morgan fingerprint density at radius 2 is 1.69 bits per heavy atom. The highest BCUT2D eigenvalue weighted by atomic mass is 32.1. The summed E-state index contributed by atoms with van der Waals surface area (Å²) in [7, 11) is 0. The minimum atomic E-state index is 0.0642. The topological polar surface area (TPSA) is 62.3 Å². The van der Waals surface area contributed by atoms with Crippen molar-refractivity contribution >= 4 is 34.4 Å². The van der Waals surface area contributed by atoms with E-state index in [0.29, 0.717) is 32.1 Å². The molecule has 2 aliphatic heterocycles. The van der Waals surface area contributed by atoms with Gasteiger partial charge in [0, 0.05) is 54.1 Å². The predicted octanol–water partition coefficient (Wildman–Crippen LogP) is 4.08. The van der Waals surface area contributed by atoms with Crippen LogP contribution in [0.4, 0.5) is 11.4 Å². The average Bonchev–Trinajstić information content (AvgIpc) is 3.41. The van der Waals surface area contributed by atoms with Crippen LogP contribution in [0.25, 0.3) is 0 Å². The zero-order valence-corrected chi connectivity index (χ0v) is 20.6. The Morgan fingerprint density at radius 3 is 2.37 bits per heavy atom. The fourth-order valence-corrected chi connectivity index (χ4v) is 5.12. The lowest BCUT2D eigenvalue weighted by molar-refractivity contribution is -0.120. The number of nitrogens with zero attached hydrogens (tertiary/aromatic N) is 3. The van der Waals surface area contributed by atoms with Gasteiger partial charge in [-0.15, -0.1) is 11.3 Å². The lowest BCUT2D eigenvalue weighted by atomic mass is 10.1. The van der Waals surface area contributed by atoms with Crippen molar-refractivity contribution in [1.82, 2.24) is 4.90 Å². The molecular formula is C27H29N3O4S. The number of thiophene rings is 1. The Morgan fingerprint density at radius 1 is 0.943 bits per heavy atom. The van der Waals surface area contributed by atoms with Gasteiger partial charge < -0.3 is 19.3 Å². The number of hydrogen-bond donors (Lipinski definition) is 0. The second-order valence-electron chi connectivity index (χ2n) is 8.75. The number of carbonyl (C=O) groups excluding carboxylic acids is 2. The summed E-state index contributed by atoms with van der Waals surface area (Å²) in [5, 5.41) is 2.03. The maximum Gasteiger partial charge on any atom is 0.241 e. The number of amides is 1. The van der Waals surface area contributed by atoms with Crippen molar-refractivity contribution < 1.29 is 19.1 Å². The van der Waals surface area contributed by atoms with Crippen LogP contribution in [0.15, 0.2) is 60.0 Å². The van der Waals surface area contributed by atoms with Gasteiger partial charge in [-0.2, -0.15) is 0 Å². The van der Waals surface area contributed by atoms with E-state index in [0.717, 1.165) is 53.7 Å². The molecular weight excluding hydrogens is 462 g/mol. The highest BCUT2D eigenvalue weighted by Gasteiger charge is 2.25. The molecule has 1 fully saturated rings. The molecule has 35 heavy (non-hydrogen) atoms. The number of rotatable bonds is 7. The highest BCUT2D eigenvalue weighted by Crippen LogP contribution is 2.35. The van der Waals surface area contributed by atoms with Gasteiger partial charge in [0.05, 0.1) is 13.1 Å². The molecule has 0 atom stereocenters. The normalized spacial score (nSPS) is 15.6. The van der Waals surface area contributed by atoms with Crippen LogP contribution in [0, 0.1) is 0 Å². The summed E-state index contributed by atoms with van der Waals surface area (Å²) in [6, 6.07) is 17.5. The number of ketones is 1. The van der Waals surface area contributed by atoms with Crippen LogP contribution in [-0.4, -0.2) is 62.5 Å². The molecule has 3 aromatic rings. The summed E-state index contributed by atoms with van der Waals surface area (Å²) in [4.78, 5) is 32.6. The molecule has 8 heteroatoms. The Hall–Kier alpha value is -3.36. The number of hydrogen-bond acceptors (Lipinski definition) is 7. The number of fused-ring (bicyclic) bond motifs is 1. The van der Waals surface area contributed by atoms with E-state index < -0.39 is 0 Å². The van der Waals surface area contributed by atoms with Crippen LogP contribution in [0.5, 0.6) is 11.5 Å². The Bertz CT molecular complexity index is 1170. The zero-order chi connectivity index (χ0) is 24.2. The third-order valence-electron chi connectivity index (χ3n) is 6.40. The lowest BCUT2D eigenvalue weighted by Crippen LogP contribution is -2.50. The lowest BCUT2D eigenvalue weighted by Gasteiger charge is -2.36. The van der Waals surface area contributed by atoms with E-state index in [1.165, 1.54) is 0 Å². The van der Waals surface area contributed by atoms with Crippen LogP contribution >= 0.6 is 11.3 Å². The summed E-state index contributed by atoms with van der Waals surface area (Å²) in [5.74, 6) is 1.54. The smallest absolute Gasteiger partial charge is 0.241 e. The van der Waals surface area contributed by atoms with Crippen LogP contribution in [0.1, 0.15) is 22.2 Å². The second kappa shape index (κ2) is 10.5. The maximum atomic E-state index is 13.5. The van der Waals surface area contributed by atoms with Crippen molar-refractivity contribution in [3.05, 3.63) is 70.4 Å². The molecule has 0 bridgehead atoms. The molecule has 5 rings (SSSR count). The molecule has 2 aliphatic rings. The number of ether oxygens (including phenoxy) is 2. The summed E-state index contributed by atoms with van der Waals surface area (Å²) >= 11 is 1.65. The molecule has 0 N–H and O–H groups in total. The van der Waals surface area contributed by atoms with E-state index in [2.05, 4.69) is 15.9 Å². The van der Waals surface area contributed by atoms with Crippen molar-refractivity contribution in [2.24, 2.45) is 0 Å². The standard InChI is InChI=1S/C27H29N3O4S/c1-20(31)21-4-6-22(7-5-21)29-12-10-28(11-13-29)19-27(32)30(18-24-3-2-16-35-24)23-8-9-25-26(17-23)34-15-14-33-25/h2-9,16-17H,10-15,18-19H2,1H3. The fraction of sp³-hybridized carbons (Fsp3) is 0.333. The van der Waals surface area contributed by atoms with Crippen molar-refractivity contribution in [1.29, 1.82) is 0 Å². The molecule has 2 aromatic carbocycles. The minimum Gasteiger partial charge on any atom is -0.486 e. The molecule has 182 valence electrons. The fourth-order valence-electron chi connectivity index (χ4n) is 4.43. The second-order valence-corrected chi connectivity index (χ2v) is 9.79. The molecule has 3 heterocycles. The van der Waals surface area contributed by atoms with Gasteiger partial charge in [-0.05, 0) is 54.8 Å². The maximum absolute atomic E-state index is 13.5. The largest absolute Gasteiger partial charge is 0.486 e. The number of piperazine rings is 1. The third kappa shape index (κ3) is 5.49. The molecule has 1 saturated heterocycles. The Balaban J connectivity index is 1.25. The summed E-state index contributed by atoms with van der Waals surface area (Å²) < 4.78 is 11.4. The van der Waals surface area contributed by atoms with E-state index in [9.17, 15) is 9.59 Å². The van der Waals surface area contributed by atoms with Crippen molar-refractivity contribution in [3.63, 3.8) is 0 Å². The summed E-state index contributed by atoms with van der Waals surface area (Å²) in [6.07, 6.45) is 0. The van der Waals surface area contributed by atoms with E-state index in [1.807, 2.05) is 58.8 Å². The average molecular weight is 492 g/mol. The first kappa shape index (κ1) is 23.4. The minimum absolute atomic E-state index is 0.0642. The van der Waals surface area contributed by atoms with Gasteiger partial charge in [-0.25, -0.2) is 0 Å². The van der Waals surface area contributed by atoms with Gasteiger partial charge in [0.25, 0.3) is 0 Å². The number of Topliss-reactive ketones (excluding diaryl/α,β-unsaturated/α-hetero) is 1. The third-order valence-corrected chi connectivity index (χ3v) is 7.26. The van der Waals surface area contributed by atoms with Crippen LogP contribution in [-0.2, 0) is 11.3 Å². The number of carbonyl (C=O) groups is 2. The monoisotopic (exact) mass is 491 g/mol. The van der Waals surface area contributed by atoms with Gasteiger partial charge >= 0.3 is 0 Å². The molecule has 1 amide bonds. The molecule has 0 spiro atoms.